The van der Waals surface area contributed by atoms with Crippen molar-refractivity contribution in [2.75, 3.05) is 18.5 Å². The monoisotopic (exact) mass is 299 g/mol. The van der Waals surface area contributed by atoms with E-state index in [4.69, 9.17) is 9.79 Å². The molecule has 0 saturated carbocycles. The third kappa shape index (κ3) is 4.10. The highest BCUT2D eigenvalue weighted by atomic mass is 31.2. The van der Waals surface area contributed by atoms with Crippen LogP contribution in [0.3, 0.4) is 0 Å². The first-order chi connectivity index (χ1) is 9.46. The second-order valence-corrected chi connectivity index (χ2v) is 5.26. The number of anilines is 1. The van der Waals surface area contributed by atoms with Crippen molar-refractivity contribution in [3.63, 3.8) is 0 Å². The van der Waals surface area contributed by atoms with Crippen LogP contribution in [0.15, 0.2) is 24.3 Å². The van der Waals surface area contributed by atoms with Gasteiger partial charge >= 0.3 is 7.82 Å². The average Bonchev–Trinajstić information content (AvgIpc) is 2.84. The van der Waals surface area contributed by atoms with E-state index in [1.807, 2.05) is 0 Å². The Hall–Kier alpha value is -1.80. The zero-order valence-electron chi connectivity index (χ0n) is 10.6. The second-order valence-electron chi connectivity index (χ2n) is 4.02. The van der Waals surface area contributed by atoms with E-state index in [0.717, 1.165) is 0 Å². The predicted octanol–water partition coefficient (Wildman–Crippen LogP) is 0.820. The molecule has 0 atom stereocenters. The molecule has 0 aromatic carbocycles. The summed E-state index contributed by atoms with van der Waals surface area (Å²) in [5.74, 6) is 0.604. The number of phosphoric acid groups is 1. The molecular formula is C10H14N5O4P. The average molecular weight is 299 g/mol. The first-order valence-electron chi connectivity index (χ1n) is 5.69. The van der Waals surface area contributed by atoms with E-state index in [-0.39, 0.29) is 6.61 Å². The Morgan fingerprint density at radius 3 is 3.05 bits per heavy atom. The van der Waals surface area contributed by atoms with Gasteiger partial charge in [0, 0.05) is 6.54 Å². The molecule has 0 aliphatic rings. The molecule has 2 aromatic rings. The summed E-state index contributed by atoms with van der Waals surface area (Å²) in [4.78, 5) is 32.2. The van der Waals surface area contributed by atoms with Gasteiger partial charge in [-0.2, -0.15) is 0 Å². The molecular weight excluding hydrogens is 285 g/mol. The number of H-pyrrole nitrogens is 1. The molecule has 20 heavy (non-hydrogen) atoms. The van der Waals surface area contributed by atoms with Crippen LogP contribution < -0.4 is 5.32 Å². The number of nitrogens with one attached hydrogen (secondary N) is 2. The number of imidazole rings is 1. The smallest absolute Gasteiger partial charge is 0.365 e. The lowest BCUT2D eigenvalue weighted by atomic mass is 10.3. The topological polar surface area (TPSA) is 133 Å². The molecule has 0 spiro atoms. The van der Waals surface area contributed by atoms with Crippen LogP contribution >= 0.6 is 7.82 Å². The van der Waals surface area contributed by atoms with Crippen molar-refractivity contribution in [1.29, 1.82) is 0 Å². The molecule has 9 nitrogen and oxygen atoms in total. The standard InChI is InChI=1S/C10H14N5O4P/c1-7(4-19-20(16,17)18)2-3-11-9-8-10(13-5-12-8)15-6-14-9/h2,5-6H,3-4H2,1H3,(H2,16,17,18)(H2,11,12,13,14,15)/b7-2+. The lowest BCUT2D eigenvalue weighted by Crippen LogP contribution is -2.04. The lowest BCUT2D eigenvalue weighted by molar-refractivity contribution is 0.211. The van der Waals surface area contributed by atoms with Crippen molar-refractivity contribution in [3.05, 3.63) is 24.3 Å². The number of aromatic nitrogens is 4. The van der Waals surface area contributed by atoms with Crippen molar-refractivity contribution in [2.24, 2.45) is 0 Å². The van der Waals surface area contributed by atoms with Gasteiger partial charge < -0.3 is 20.1 Å². The van der Waals surface area contributed by atoms with E-state index in [9.17, 15) is 4.57 Å². The van der Waals surface area contributed by atoms with E-state index >= 15 is 0 Å². The number of hydrogen-bond acceptors (Lipinski definition) is 6. The maximum absolute atomic E-state index is 10.5. The van der Waals surface area contributed by atoms with E-state index in [1.165, 1.54) is 12.7 Å². The number of rotatable bonds is 6. The Kier molecular flexibility index (Phi) is 4.46. The molecule has 0 aliphatic heterocycles. The fourth-order valence-corrected chi connectivity index (χ4v) is 1.84. The van der Waals surface area contributed by atoms with E-state index in [1.54, 1.807) is 13.0 Å². The zero-order valence-corrected chi connectivity index (χ0v) is 11.5. The van der Waals surface area contributed by atoms with Crippen LogP contribution in [0.4, 0.5) is 5.82 Å². The molecule has 108 valence electrons. The number of hydrogen-bond donors (Lipinski definition) is 4. The second kappa shape index (κ2) is 6.10. The van der Waals surface area contributed by atoms with Crippen LogP contribution in [0.5, 0.6) is 0 Å². The highest BCUT2D eigenvalue weighted by Gasteiger charge is 2.13. The Morgan fingerprint density at radius 1 is 1.50 bits per heavy atom. The fourth-order valence-electron chi connectivity index (χ4n) is 1.47. The minimum atomic E-state index is -4.43. The minimum absolute atomic E-state index is 0.130. The number of phosphoric ester groups is 1. The van der Waals surface area contributed by atoms with Crippen molar-refractivity contribution >= 4 is 24.8 Å². The minimum Gasteiger partial charge on any atom is -0.365 e. The maximum atomic E-state index is 10.5. The van der Waals surface area contributed by atoms with E-state index in [0.29, 0.717) is 29.1 Å². The summed E-state index contributed by atoms with van der Waals surface area (Å²) in [6.45, 7) is 2.01. The van der Waals surface area contributed by atoms with Crippen LogP contribution in [0.25, 0.3) is 11.2 Å². The first-order valence-corrected chi connectivity index (χ1v) is 7.22. The van der Waals surface area contributed by atoms with Crippen molar-refractivity contribution < 1.29 is 18.9 Å². The van der Waals surface area contributed by atoms with Gasteiger partial charge in [0.1, 0.15) is 11.8 Å². The Labute approximate surface area is 114 Å². The third-order valence-corrected chi connectivity index (χ3v) is 2.87. The molecule has 0 aliphatic carbocycles. The van der Waals surface area contributed by atoms with Gasteiger partial charge in [0.25, 0.3) is 0 Å². The predicted molar refractivity (Wildman–Crippen MR) is 71.9 cm³/mol. The summed E-state index contributed by atoms with van der Waals surface area (Å²) in [6, 6.07) is 0. The zero-order chi connectivity index (χ0) is 14.6. The summed E-state index contributed by atoms with van der Waals surface area (Å²) in [5, 5.41) is 3.05. The Balaban J connectivity index is 1.92. The number of aromatic amines is 1. The summed E-state index contributed by atoms with van der Waals surface area (Å²) in [6.07, 6.45) is 4.68. The summed E-state index contributed by atoms with van der Waals surface area (Å²) in [5.41, 5.74) is 1.95. The van der Waals surface area contributed by atoms with Crippen LogP contribution in [0, 0.1) is 0 Å². The van der Waals surface area contributed by atoms with Crippen molar-refractivity contribution in [1.82, 2.24) is 19.9 Å². The van der Waals surface area contributed by atoms with E-state index < -0.39 is 7.82 Å². The van der Waals surface area contributed by atoms with Crippen LogP contribution in [0.2, 0.25) is 0 Å². The van der Waals surface area contributed by atoms with Gasteiger partial charge in [-0.05, 0) is 12.5 Å². The van der Waals surface area contributed by atoms with Gasteiger partial charge in [-0.1, -0.05) is 6.08 Å². The number of fused-ring (bicyclic) bond motifs is 1. The molecule has 0 radical (unpaired) electrons. The first kappa shape index (κ1) is 14.6. The van der Waals surface area contributed by atoms with Gasteiger partial charge in [-0.3, -0.25) is 4.52 Å². The van der Waals surface area contributed by atoms with Gasteiger partial charge in [0.05, 0.1) is 12.9 Å². The normalized spacial score (nSPS) is 12.8. The fraction of sp³-hybridized carbons (Fsp3) is 0.300. The maximum Gasteiger partial charge on any atom is 0.469 e. The third-order valence-electron chi connectivity index (χ3n) is 2.40. The highest BCUT2D eigenvalue weighted by molar-refractivity contribution is 7.46. The molecule has 2 rings (SSSR count). The SMILES string of the molecule is C/C(=C\CNc1ncnc2nc[nH]c12)COP(=O)(O)O. The molecule has 0 amide bonds. The molecule has 0 saturated heterocycles. The Bertz CT molecular complexity index is 664. The molecule has 10 heteroatoms. The molecule has 0 unspecified atom stereocenters. The molecule has 0 fully saturated rings. The van der Waals surface area contributed by atoms with Gasteiger partial charge in [0.15, 0.2) is 11.5 Å². The van der Waals surface area contributed by atoms with Gasteiger partial charge in [0.2, 0.25) is 0 Å². The van der Waals surface area contributed by atoms with Crippen LogP contribution in [-0.4, -0.2) is 42.9 Å². The summed E-state index contributed by atoms with van der Waals surface area (Å²) >= 11 is 0. The van der Waals surface area contributed by atoms with Crippen LogP contribution in [-0.2, 0) is 9.09 Å². The molecule has 0 bridgehead atoms. The van der Waals surface area contributed by atoms with Gasteiger partial charge in [-0.25, -0.2) is 19.5 Å². The largest absolute Gasteiger partial charge is 0.469 e. The van der Waals surface area contributed by atoms with Gasteiger partial charge in [-0.15, -0.1) is 0 Å². The lowest BCUT2D eigenvalue weighted by Gasteiger charge is -2.06. The quantitative estimate of drug-likeness (QED) is 0.455. The molecule has 2 heterocycles. The summed E-state index contributed by atoms with van der Waals surface area (Å²) < 4.78 is 14.9. The Morgan fingerprint density at radius 2 is 2.30 bits per heavy atom. The molecule has 2 aromatic heterocycles. The molecule has 4 N–H and O–H groups in total. The van der Waals surface area contributed by atoms with Crippen LogP contribution in [0.1, 0.15) is 6.92 Å². The highest BCUT2D eigenvalue weighted by Crippen LogP contribution is 2.36. The summed E-state index contributed by atoms with van der Waals surface area (Å²) in [7, 11) is -4.43. The number of nitrogens with zero attached hydrogens (tertiary/aromatic N) is 3. The van der Waals surface area contributed by atoms with Crippen molar-refractivity contribution in [3.8, 4) is 0 Å². The van der Waals surface area contributed by atoms with Crippen molar-refractivity contribution in [2.45, 2.75) is 6.92 Å². The van der Waals surface area contributed by atoms with E-state index in [2.05, 4.69) is 29.8 Å².